The number of hydrogen-bond donors (Lipinski definition) is 2. The van der Waals surface area contributed by atoms with Crippen molar-refractivity contribution >= 4 is 13.7 Å². The van der Waals surface area contributed by atoms with Crippen LogP contribution in [0.25, 0.3) is 0 Å². The second-order valence-electron chi connectivity index (χ2n) is 26.6. The molecule has 0 bridgehead atoms. The number of unbranched alkanes of at least 4 members (excludes halogenated alkanes) is 48. The molecule has 8 nitrogen and oxygen atoms in total. The fraction of sp³-hybridized carbons (Fsp3) is 0.880. The summed E-state index contributed by atoms with van der Waals surface area (Å²) >= 11 is 0. The summed E-state index contributed by atoms with van der Waals surface area (Å²) in [6.07, 6.45) is 89.2. The Morgan fingerprint density at radius 2 is 0.726 bits per heavy atom. The molecule has 0 aliphatic carbocycles. The summed E-state index contributed by atoms with van der Waals surface area (Å²) in [5.41, 5.74) is 0. The minimum absolute atomic E-state index is 0.0139. The maximum atomic E-state index is 13.1. The van der Waals surface area contributed by atoms with Gasteiger partial charge in [-0.05, 0) is 51.4 Å². The number of amides is 1. The van der Waals surface area contributed by atoms with Gasteiger partial charge in [0.05, 0.1) is 39.9 Å². The zero-order chi connectivity index (χ0) is 61.2. The smallest absolute Gasteiger partial charge is 0.268 e. The molecule has 0 heterocycles. The van der Waals surface area contributed by atoms with Crippen molar-refractivity contribution in [2.24, 2.45) is 0 Å². The lowest BCUT2D eigenvalue weighted by molar-refractivity contribution is -0.870. The highest BCUT2D eigenvalue weighted by Crippen LogP contribution is 2.38. The van der Waals surface area contributed by atoms with E-state index in [-0.39, 0.29) is 19.1 Å². The molecule has 0 radical (unpaired) electrons. The maximum absolute atomic E-state index is 13.1. The average molecular weight is 1200 g/mol. The van der Waals surface area contributed by atoms with Gasteiger partial charge in [0.25, 0.3) is 7.82 Å². The normalized spacial score (nSPS) is 13.8. The minimum Gasteiger partial charge on any atom is -0.756 e. The van der Waals surface area contributed by atoms with E-state index in [0.717, 1.165) is 64.2 Å². The summed E-state index contributed by atoms with van der Waals surface area (Å²) in [6.45, 7) is 4.67. The molecule has 3 unspecified atom stereocenters. The van der Waals surface area contributed by atoms with Crippen LogP contribution in [0.1, 0.15) is 373 Å². The lowest BCUT2D eigenvalue weighted by Crippen LogP contribution is -2.46. The topological polar surface area (TPSA) is 108 Å². The largest absolute Gasteiger partial charge is 0.756 e. The third-order valence-electron chi connectivity index (χ3n) is 17.1. The molecular weight excluding hydrogens is 1060 g/mol. The van der Waals surface area contributed by atoms with E-state index >= 15 is 0 Å². The summed E-state index contributed by atoms with van der Waals surface area (Å²) in [6, 6.07) is -0.802. The number of phosphoric ester groups is 1. The van der Waals surface area contributed by atoms with E-state index in [1.807, 2.05) is 21.1 Å². The van der Waals surface area contributed by atoms with Gasteiger partial charge in [0.2, 0.25) is 5.91 Å². The summed E-state index contributed by atoms with van der Waals surface area (Å²) < 4.78 is 23.6. The van der Waals surface area contributed by atoms with E-state index < -0.39 is 20.0 Å². The number of rotatable bonds is 69. The number of phosphoric acid groups is 1. The number of allylic oxidation sites excluding steroid dienone is 8. The Bertz CT molecular complexity index is 1510. The molecule has 0 rings (SSSR count). The molecule has 0 aliphatic heterocycles. The van der Waals surface area contributed by atoms with Crippen LogP contribution in [0.5, 0.6) is 0 Å². The fourth-order valence-electron chi connectivity index (χ4n) is 11.4. The van der Waals surface area contributed by atoms with Crippen LogP contribution in [-0.2, 0) is 18.4 Å². The van der Waals surface area contributed by atoms with Crippen molar-refractivity contribution < 1.29 is 32.9 Å². The van der Waals surface area contributed by atoms with Crippen molar-refractivity contribution in [2.45, 2.75) is 386 Å². The molecular formula is C75H145N2O6P. The SMILES string of the molecule is CC/C=C\C/C=C\C/C=C\C/C=C\CCCCCCCCCCCCCCCCCCCCCCC(=O)NC(COP(=O)([O-])OCC[N+](C)(C)C)C(O)CCCCCCCCCCCCCCCCCCCCCCCCCCCCCCC. The summed E-state index contributed by atoms with van der Waals surface area (Å²) in [5, 5.41) is 14.1. The first-order valence-corrected chi connectivity index (χ1v) is 38.4. The number of nitrogens with zero attached hydrogens (tertiary/aromatic N) is 1. The van der Waals surface area contributed by atoms with E-state index in [0.29, 0.717) is 23.9 Å². The highest BCUT2D eigenvalue weighted by Gasteiger charge is 2.24. The maximum Gasteiger partial charge on any atom is 0.268 e. The van der Waals surface area contributed by atoms with Crippen LogP contribution in [0.3, 0.4) is 0 Å². The molecule has 0 saturated carbocycles. The number of quaternary nitrogens is 1. The van der Waals surface area contributed by atoms with E-state index in [4.69, 9.17) is 9.05 Å². The Labute approximate surface area is 524 Å². The molecule has 84 heavy (non-hydrogen) atoms. The van der Waals surface area contributed by atoms with E-state index in [1.165, 1.54) is 283 Å². The molecule has 0 aromatic rings. The predicted octanol–water partition coefficient (Wildman–Crippen LogP) is 23.2. The summed E-state index contributed by atoms with van der Waals surface area (Å²) in [7, 11) is 1.32. The van der Waals surface area contributed by atoms with Crippen molar-refractivity contribution in [3.05, 3.63) is 48.6 Å². The van der Waals surface area contributed by atoms with Gasteiger partial charge in [-0.3, -0.25) is 9.36 Å². The van der Waals surface area contributed by atoms with Crippen LogP contribution in [-0.4, -0.2) is 68.5 Å². The molecule has 9 heteroatoms. The monoisotopic (exact) mass is 1200 g/mol. The number of aliphatic hydroxyl groups excluding tert-OH is 1. The first-order valence-electron chi connectivity index (χ1n) is 37.0. The second-order valence-corrected chi connectivity index (χ2v) is 28.0. The molecule has 1 amide bonds. The fourth-order valence-corrected chi connectivity index (χ4v) is 12.1. The molecule has 0 spiro atoms. The van der Waals surface area contributed by atoms with Crippen molar-refractivity contribution in [1.82, 2.24) is 5.32 Å². The van der Waals surface area contributed by atoms with Crippen LogP contribution >= 0.6 is 7.82 Å². The molecule has 0 saturated heterocycles. The quantitative estimate of drug-likeness (QED) is 0.0272. The third kappa shape index (κ3) is 68.0. The number of likely N-dealkylation sites (N-methyl/N-ethyl adjacent to an activating group) is 1. The van der Waals surface area contributed by atoms with Gasteiger partial charge in [0, 0.05) is 6.42 Å². The first-order chi connectivity index (χ1) is 41.0. The van der Waals surface area contributed by atoms with Gasteiger partial charge in [-0.15, -0.1) is 0 Å². The summed E-state index contributed by atoms with van der Waals surface area (Å²) in [5.74, 6) is -0.157. The molecule has 2 N–H and O–H groups in total. The Balaban J connectivity index is 3.97. The highest BCUT2D eigenvalue weighted by atomic mass is 31.2. The molecule has 0 aromatic heterocycles. The number of nitrogens with one attached hydrogen (secondary N) is 1. The molecule has 0 fully saturated rings. The zero-order valence-corrected chi connectivity index (χ0v) is 57.8. The van der Waals surface area contributed by atoms with E-state index in [1.54, 1.807) is 0 Å². The lowest BCUT2D eigenvalue weighted by atomic mass is 10.0. The van der Waals surface area contributed by atoms with E-state index in [2.05, 4.69) is 67.8 Å². The van der Waals surface area contributed by atoms with Crippen molar-refractivity contribution in [2.75, 3.05) is 40.9 Å². The Kier molecular flexibility index (Phi) is 64.7. The van der Waals surface area contributed by atoms with Gasteiger partial charge in [-0.2, -0.15) is 0 Å². The second kappa shape index (κ2) is 65.9. The lowest BCUT2D eigenvalue weighted by Gasteiger charge is -2.30. The third-order valence-corrected chi connectivity index (χ3v) is 18.0. The summed E-state index contributed by atoms with van der Waals surface area (Å²) in [4.78, 5) is 25.7. The Morgan fingerprint density at radius 3 is 1.06 bits per heavy atom. The van der Waals surface area contributed by atoms with Crippen molar-refractivity contribution in [3.8, 4) is 0 Å². The molecule has 3 atom stereocenters. The van der Waals surface area contributed by atoms with Gasteiger partial charge in [0.15, 0.2) is 0 Å². The van der Waals surface area contributed by atoms with Gasteiger partial charge >= 0.3 is 0 Å². The molecule has 0 aromatic carbocycles. The van der Waals surface area contributed by atoms with E-state index in [9.17, 15) is 19.4 Å². The van der Waals surface area contributed by atoms with Crippen LogP contribution in [0.2, 0.25) is 0 Å². The average Bonchev–Trinajstić information content (AvgIpc) is 3.56. The van der Waals surface area contributed by atoms with Gasteiger partial charge < -0.3 is 28.8 Å². The number of aliphatic hydroxyl groups is 1. The van der Waals surface area contributed by atoms with Crippen LogP contribution < -0.4 is 10.2 Å². The number of carbonyl (C=O) groups excluding carboxylic acids is 1. The van der Waals surface area contributed by atoms with Gasteiger partial charge in [0.1, 0.15) is 13.2 Å². The van der Waals surface area contributed by atoms with Gasteiger partial charge in [-0.25, -0.2) is 0 Å². The predicted molar refractivity (Wildman–Crippen MR) is 367 cm³/mol. The van der Waals surface area contributed by atoms with Crippen molar-refractivity contribution in [3.63, 3.8) is 0 Å². The van der Waals surface area contributed by atoms with Crippen LogP contribution in [0.15, 0.2) is 48.6 Å². The van der Waals surface area contributed by atoms with Crippen molar-refractivity contribution in [1.29, 1.82) is 0 Å². The van der Waals surface area contributed by atoms with Crippen LogP contribution in [0.4, 0.5) is 0 Å². The highest BCUT2D eigenvalue weighted by molar-refractivity contribution is 7.45. The number of hydrogen-bond acceptors (Lipinski definition) is 6. The number of carbonyl (C=O) groups is 1. The van der Waals surface area contributed by atoms with Gasteiger partial charge in [-0.1, -0.05) is 364 Å². The molecule has 496 valence electrons. The minimum atomic E-state index is -4.58. The standard InChI is InChI=1S/C75H145N2O6P/c1-6-8-10-12-14-16-18-20-22-24-26-28-30-32-34-36-37-38-39-41-43-45-47-49-51-53-55-57-59-61-63-65-67-69-75(79)76-73(72-83-84(80,81)82-71-70-77(3,4)5)74(78)68-66-64-62-60-58-56-54-52-50-48-46-44-42-40-35-33-31-29-27-25-23-21-19-17-15-13-11-9-7-2/h8,10,14,16,20,22,26,28,73-74,78H,6-7,9,11-13,15,17-19,21,23-25,27,29-72H2,1-5H3,(H-,76,79,80,81)/b10-8-,16-14-,22-20-,28-26-. The zero-order valence-electron chi connectivity index (χ0n) is 56.9. The Morgan fingerprint density at radius 1 is 0.429 bits per heavy atom. The molecule has 0 aliphatic rings. The van der Waals surface area contributed by atoms with Crippen LogP contribution in [0, 0.1) is 0 Å². The first kappa shape index (κ1) is 82.5. The Hall–Kier alpha value is -1.54.